The molecule has 11 heavy (non-hydrogen) atoms. The number of rotatable bonds is 4. The zero-order chi connectivity index (χ0) is 8.69. The summed E-state index contributed by atoms with van der Waals surface area (Å²) in [5.74, 6) is 0. The fraction of sp³-hybridized carbons (Fsp3) is 0.500. The summed E-state index contributed by atoms with van der Waals surface area (Å²) in [4.78, 5) is 4.09. The Balaban J connectivity index is 4.19. The quantitative estimate of drug-likeness (QED) is 0.286. The molecule has 0 bridgehead atoms. The fourth-order valence-corrected chi connectivity index (χ4v) is 0.692. The lowest BCUT2D eigenvalue weighted by Gasteiger charge is -1.98. The van der Waals surface area contributed by atoms with Crippen molar-refractivity contribution in [3.8, 4) is 0 Å². The number of hydrogen-bond donors (Lipinski definition) is 1. The van der Waals surface area contributed by atoms with Crippen LogP contribution in [0.3, 0.4) is 0 Å². The van der Waals surface area contributed by atoms with Gasteiger partial charge in [-0.3, -0.25) is 4.99 Å². The van der Waals surface area contributed by atoms with Crippen molar-refractivity contribution in [3.63, 3.8) is 0 Å². The highest BCUT2D eigenvalue weighted by Crippen LogP contribution is 1.90. The van der Waals surface area contributed by atoms with Gasteiger partial charge in [-0.05, 0) is 13.3 Å². The first-order valence-corrected chi connectivity index (χ1v) is 3.59. The van der Waals surface area contributed by atoms with Crippen molar-refractivity contribution < 1.29 is 5.21 Å². The monoisotopic (exact) mass is 154 g/mol. The molecule has 0 aliphatic rings. The van der Waals surface area contributed by atoms with Crippen LogP contribution in [-0.4, -0.2) is 23.2 Å². The first kappa shape index (κ1) is 9.88. The first-order valence-electron chi connectivity index (χ1n) is 3.59. The van der Waals surface area contributed by atoms with Crippen molar-refractivity contribution >= 4 is 11.4 Å². The van der Waals surface area contributed by atoms with Crippen LogP contribution in [0.5, 0.6) is 0 Å². The number of aliphatic imine (C=N–C) groups is 1. The second-order valence-electron chi connectivity index (χ2n) is 2.12. The van der Waals surface area contributed by atoms with Crippen LogP contribution < -0.4 is 0 Å². The topological polar surface area (TPSA) is 45.0 Å². The maximum absolute atomic E-state index is 8.48. The van der Waals surface area contributed by atoms with Gasteiger partial charge in [-0.15, -0.1) is 6.58 Å². The summed E-state index contributed by atoms with van der Waals surface area (Å²) in [6.07, 6.45) is 2.40. The number of hydrogen-bond acceptors (Lipinski definition) is 3. The maximum atomic E-state index is 8.48. The summed E-state index contributed by atoms with van der Waals surface area (Å²) in [7, 11) is 0. The predicted octanol–water partition coefficient (Wildman–Crippen LogP) is 1.87. The molecule has 0 atom stereocenters. The van der Waals surface area contributed by atoms with Gasteiger partial charge in [-0.25, -0.2) is 0 Å². The molecule has 0 saturated heterocycles. The molecule has 0 aromatic carbocycles. The highest BCUT2D eigenvalue weighted by molar-refractivity contribution is 6.41. The van der Waals surface area contributed by atoms with E-state index < -0.39 is 0 Å². The zero-order valence-electron chi connectivity index (χ0n) is 7.04. The second-order valence-corrected chi connectivity index (χ2v) is 2.12. The molecular weight excluding hydrogens is 140 g/mol. The predicted molar refractivity (Wildman–Crippen MR) is 47.7 cm³/mol. The highest BCUT2D eigenvalue weighted by atomic mass is 16.4. The summed E-state index contributed by atoms with van der Waals surface area (Å²) in [5, 5.41) is 11.6. The van der Waals surface area contributed by atoms with Gasteiger partial charge in [0.1, 0.15) is 0 Å². The molecule has 0 aromatic rings. The van der Waals surface area contributed by atoms with E-state index in [2.05, 4.69) is 16.7 Å². The summed E-state index contributed by atoms with van der Waals surface area (Å²) >= 11 is 0. The van der Waals surface area contributed by atoms with Gasteiger partial charge >= 0.3 is 0 Å². The minimum Gasteiger partial charge on any atom is -0.411 e. The Bertz CT molecular complexity index is 183. The molecule has 0 heterocycles. The average Bonchev–Trinajstić information content (AvgIpc) is 2.03. The van der Waals surface area contributed by atoms with E-state index >= 15 is 0 Å². The number of nitrogens with zero attached hydrogens (tertiary/aromatic N) is 2. The molecule has 0 rings (SSSR count). The molecule has 0 aromatic heterocycles. The van der Waals surface area contributed by atoms with Crippen LogP contribution in [0.4, 0.5) is 0 Å². The normalized spacial score (nSPS) is 13.3. The molecule has 0 radical (unpaired) electrons. The summed E-state index contributed by atoms with van der Waals surface area (Å²) in [6.45, 7) is 7.85. The van der Waals surface area contributed by atoms with Gasteiger partial charge in [0.25, 0.3) is 0 Å². The van der Waals surface area contributed by atoms with Gasteiger partial charge in [0.2, 0.25) is 0 Å². The maximum Gasteiger partial charge on any atom is 0.0999 e. The molecular formula is C8H14N2O. The molecule has 0 fully saturated rings. The minimum absolute atomic E-state index is 0.574. The summed E-state index contributed by atoms with van der Waals surface area (Å²) in [6, 6.07) is 0. The molecule has 0 spiro atoms. The van der Waals surface area contributed by atoms with Gasteiger partial charge in [-0.2, -0.15) is 0 Å². The van der Waals surface area contributed by atoms with Gasteiger partial charge < -0.3 is 5.21 Å². The van der Waals surface area contributed by atoms with E-state index in [-0.39, 0.29) is 0 Å². The third-order valence-electron chi connectivity index (χ3n) is 1.33. The third kappa shape index (κ3) is 3.55. The lowest BCUT2D eigenvalue weighted by molar-refractivity contribution is 0.319. The Morgan fingerprint density at radius 1 is 1.64 bits per heavy atom. The van der Waals surface area contributed by atoms with Crippen molar-refractivity contribution in [1.82, 2.24) is 0 Å². The summed E-state index contributed by atoms with van der Waals surface area (Å²) in [5.41, 5.74) is 1.40. The largest absolute Gasteiger partial charge is 0.411 e. The SMILES string of the molecule is C=CCN=C(C)/C(CC)=N\O. The fourth-order valence-electron chi connectivity index (χ4n) is 0.692. The van der Waals surface area contributed by atoms with E-state index in [0.29, 0.717) is 18.7 Å². The van der Waals surface area contributed by atoms with Crippen LogP contribution in [0, 0.1) is 0 Å². The van der Waals surface area contributed by atoms with E-state index in [0.717, 1.165) is 5.71 Å². The van der Waals surface area contributed by atoms with E-state index in [9.17, 15) is 0 Å². The lowest BCUT2D eigenvalue weighted by atomic mass is 10.2. The van der Waals surface area contributed by atoms with E-state index in [4.69, 9.17) is 5.21 Å². The number of oxime groups is 1. The van der Waals surface area contributed by atoms with Gasteiger partial charge in [-0.1, -0.05) is 18.2 Å². The van der Waals surface area contributed by atoms with Crippen molar-refractivity contribution in [2.75, 3.05) is 6.54 Å². The van der Waals surface area contributed by atoms with E-state index in [1.165, 1.54) is 0 Å². The summed E-state index contributed by atoms with van der Waals surface area (Å²) < 4.78 is 0. The zero-order valence-corrected chi connectivity index (χ0v) is 7.04. The van der Waals surface area contributed by atoms with E-state index in [1.54, 1.807) is 6.08 Å². The average molecular weight is 154 g/mol. The first-order chi connectivity index (χ1) is 5.26. The molecule has 0 aliphatic heterocycles. The van der Waals surface area contributed by atoms with Gasteiger partial charge in [0.15, 0.2) is 0 Å². The Morgan fingerprint density at radius 3 is 2.64 bits per heavy atom. The second kappa shape index (κ2) is 5.65. The van der Waals surface area contributed by atoms with E-state index in [1.807, 2.05) is 13.8 Å². The molecule has 0 aliphatic carbocycles. The molecule has 0 amide bonds. The van der Waals surface area contributed by atoms with Gasteiger partial charge in [0, 0.05) is 0 Å². The van der Waals surface area contributed by atoms with Crippen LogP contribution in [-0.2, 0) is 0 Å². The molecule has 0 saturated carbocycles. The highest BCUT2D eigenvalue weighted by Gasteiger charge is 1.99. The standard InChI is InChI=1S/C8H14N2O/c1-4-6-9-7(3)8(5-2)10-11/h4,11H,1,5-6H2,2-3H3/b9-7?,10-8-. The van der Waals surface area contributed by atoms with Crippen LogP contribution in [0.15, 0.2) is 22.8 Å². The van der Waals surface area contributed by atoms with Crippen LogP contribution in [0.1, 0.15) is 20.3 Å². The Hall–Kier alpha value is -1.12. The molecule has 3 nitrogen and oxygen atoms in total. The lowest BCUT2D eigenvalue weighted by Crippen LogP contribution is -2.09. The van der Waals surface area contributed by atoms with Crippen molar-refractivity contribution in [2.45, 2.75) is 20.3 Å². The smallest absolute Gasteiger partial charge is 0.0999 e. The molecule has 62 valence electrons. The van der Waals surface area contributed by atoms with Crippen LogP contribution in [0.25, 0.3) is 0 Å². The third-order valence-corrected chi connectivity index (χ3v) is 1.33. The Morgan fingerprint density at radius 2 is 2.27 bits per heavy atom. The van der Waals surface area contributed by atoms with Gasteiger partial charge in [0.05, 0.1) is 18.0 Å². The van der Waals surface area contributed by atoms with Crippen LogP contribution in [0.2, 0.25) is 0 Å². The molecule has 3 heteroatoms. The minimum atomic E-state index is 0.574. The Kier molecular flexibility index (Phi) is 5.07. The van der Waals surface area contributed by atoms with Crippen molar-refractivity contribution in [1.29, 1.82) is 0 Å². The molecule has 0 unspecified atom stereocenters. The van der Waals surface area contributed by atoms with Crippen molar-refractivity contribution in [3.05, 3.63) is 12.7 Å². The van der Waals surface area contributed by atoms with Crippen molar-refractivity contribution in [2.24, 2.45) is 10.1 Å². The molecule has 1 N–H and O–H groups in total. The van der Waals surface area contributed by atoms with Crippen LogP contribution >= 0.6 is 0 Å². The Labute approximate surface area is 67.1 Å².